The normalized spacial score (nSPS) is 10.2. The van der Waals surface area contributed by atoms with Gasteiger partial charge in [-0.25, -0.2) is 4.79 Å². The SMILES string of the molecule is CCNC(=O)c1ccc(C)c(NC(=O)NCCCN(C)c2ccccc2)c1. The maximum Gasteiger partial charge on any atom is 0.319 e. The Balaban J connectivity index is 1.80. The molecule has 27 heavy (non-hydrogen) atoms. The molecule has 0 aliphatic heterocycles. The number of carbonyl (C=O) groups excluding carboxylic acids is 2. The van der Waals surface area contributed by atoms with E-state index in [9.17, 15) is 9.59 Å². The number of nitrogens with zero attached hydrogens (tertiary/aromatic N) is 1. The molecule has 0 saturated carbocycles. The Hall–Kier alpha value is -3.02. The predicted octanol–water partition coefficient (Wildman–Crippen LogP) is 3.39. The summed E-state index contributed by atoms with van der Waals surface area (Å²) in [4.78, 5) is 26.2. The highest BCUT2D eigenvalue weighted by Crippen LogP contribution is 2.17. The number of urea groups is 1. The fourth-order valence-electron chi connectivity index (χ4n) is 2.66. The molecule has 144 valence electrons. The van der Waals surface area contributed by atoms with Gasteiger partial charge in [-0.1, -0.05) is 24.3 Å². The molecule has 2 aromatic carbocycles. The lowest BCUT2D eigenvalue weighted by molar-refractivity contribution is 0.0956. The van der Waals surface area contributed by atoms with Crippen LogP contribution < -0.4 is 20.9 Å². The molecule has 0 radical (unpaired) electrons. The second-order valence-electron chi connectivity index (χ2n) is 6.38. The molecule has 0 aliphatic carbocycles. The first-order chi connectivity index (χ1) is 13.0. The maximum absolute atomic E-state index is 12.1. The average molecular weight is 368 g/mol. The Morgan fingerprint density at radius 1 is 1.04 bits per heavy atom. The molecule has 3 amide bonds. The highest BCUT2D eigenvalue weighted by Gasteiger charge is 2.09. The van der Waals surface area contributed by atoms with Gasteiger partial charge in [0.15, 0.2) is 0 Å². The smallest absolute Gasteiger partial charge is 0.319 e. The Bertz CT molecular complexity index is 762. The standard InChI is InChI=1S/C21H28N4O2/c1-4-22-20(26)17-12-11-16(2)19(15-17)24-21(27)23-13-8-14-25(3)18-9-6-5-7-10-18/h5-7,9-12,15H,4,8,13-14H2,1-3H3,(H,22,26)(H2,23,24,27). The van der Waals surface area contributed by atoms with Crippen LogP contribution >= 0.6 is 0 Å². The zero-order valence-electron chi connectivity index (χ0n) is 16.2. The van der Waals surface area contributed by atoms with Gasteiger partial charge < -0.3 is 20.9 Å². The summed E-state index contributed by atoms with van der Waals surface area (Å²) in [6.07, 6.45) is 0.830. The van der Waals surface area contributed by atoms with Crippen molar-refractivity contribution in [2.24, 2.45) is 0 Å². The van der Waals surface area contributed by atoms with Crippen LogP contribution in [0, 0.1) is 6.92 Å². The number of hydrogen-bond acceptors (Lipinski definition) is 3. The summed E-state index contributed by atoms with van der Waals surface area (Å²) in [7, 11) is 2.03. The van der Waals surface area contributed by atoms with Crippen LogP contribution in [-0.4, -0.2) is 38.6 Å². The van der Waals surface area contributed by atoms with Crippen LogP contribution in [0.25, 0.3) is 0 Å². The van der Waals surface area contributed by atoms with Crippen LogP contribution in [0.5, 0.6) is 0 Å². The largest absolute Gasteiger partial charge is 0.375 e. The van der Waals surface area contributed by atoms with Gasteiger partial charge in [0, 0.05) is 43.6 Å². The first-order valence-electron chi connectivity index (χ1n) is 9.21. The number of para-hydroxylation sites is 1. The van der Waals surface area contributed by atoms with Crippen LogP contribution in [0.15, 0.2) is 48.5 Å². The van der Waals surface area contributed by atoms with E-state index in [0.717, 1.165) is 24.2 Å². The minimum Gasteiger partial charge on any atom is -0.375 e. The van der Waals surface area contributed by atoms with Gasteiger partial charge in [0.1, 0.15) is 0 Å². The highest BCUT2D eigenvalue weighted by atomic mass is 16.2. The zero-order valence-corrected chi connectivity index (χ0v) is 16.2. The van der Waals surface area contributed by atoms with E-state index < -0.39 is 0 Å². The Labute approximate surface area is 161 Å². The fraction of sp³-hybridized carbons (Fsp3) is 0.333. The zero-order chi connectivity index (χ0) is 19.6. The van der Waals surface area contributed by atoms with Crippen molar-refractivity contribution < 1.29 is 9.59 Å². The molecule has 0 unspecified atom stereocenters. The molecule has 0 heterocycles. The second-order valence-corrected chi connectivity index (χ2v) is 6.38. The Morgan fingerprint density at radius 3 is 2.48 bits per heavy atom. The maximum atomic E-state index is 12.1. The highest BCUT2D eigenvalue weighted by molar-refractivity contribution is 5.97. The lowest BCUT2D eigenvalue weighted by Gasteiger charge is -2.19. The van der Waals surface area contributed by atoms with Crippen molar-refractivity contribution in [1.29, 1.82) is 0 Å². The molecule has 6 nitrogen and oxygen atoms in total. The summed E-state index contributed by atoms with van der Waals surface area (Å²) in [6.45, 7) is 5.74. The van der Waals surface area contributed by atoms with E-state index in [2.05, 4.69) is 33.0 Å². The molecule has 0 saturated heterocycles. The van der Waals surface area contributed by atoms with Gasteiger partial charge in [-0.05, 0) is 50.1 Å². The van der Waals surface area contributed by atoms with Crippen molar-refractivity contribution in [3.05, 3.63) is 59.7 Å². The van der Waals surface area contributed by atoms with Crippen LogP contribution in [0.2, 0.25) is 0 Å². The van der Waals surface area contributed by atoms with Crippen molar-refractivity contribution in [2.45, 2.75) is 20.3 Å². The van der Waals surface area contributed by atoms with Gasteiger partial charge in [0.05, 0.1) is 0 Å². The van der Waals surface area contributed by atoms with Crippen LogP contribution in [0.1, 0.15) is 29.3 Å². The number of benzene rings is 2. The van der Waals surface area contributed by atoms with Crippen molar-refractivity contribution in [3.8, 4) is 0 Å². The number of carbonyl (C=O) groups is 2. The summed E-state index contributed by atoms with van der Waals surface area (Å²) in [5.41, 5.74) is 3.22. The predicted molar refractivity (Wildman–Crippen MR) is 111 cm³/mol. The van der Waals surface area contributed by atoms with E-state index in [0.29, 0.717) is 24.3 Å². The summed E-state index contributed by atoms with van der Waals surface area (Å²) in [5.74, 6) is -0.148. The van der Waals surface area contributed by atoms with Gasteiger partial charge in [0.25, 0.3) is 5.91 Å². The minimum absolute atomic E-state index is 0.148. The topological polar surface area (TPSA) is 73.5 Å². The third kappa shape index (κ3) is 6.33. The molecule has 2 aromatic rings. The van der Waals surface area contributed by atoms with Gasteiger partial charge >= 0.3 is 6.03 Å². The van der Waals surface area contributed by atoms with Crippen LogP contribution in [0.3, 0.4) is 0 Å². The molecular formula is C21H28N4O2. The number of rotatable bonds is 8. The number of aryl methyl sites for hydroxylation is 1. The summed E-state index contributed by atoms with van der Waals surface area (Å²) in [5, 5.41) is 8.44. The third-order valence-corrected chi connectivity index (χ3v) is 4.24. The summed E-state index contributed by atoms with van der Waals surface area (Å²) < 4.78 is 0. The number of amides is 3. The molecule has 0 spiro atoms. The molecule has 0 atom stereocenters. The second kappa shape index (κ2) is 10.2. The minimum atomic E-state index is -0.270. The molecule has 0 bridgehead atoms. The van der Waals surface area contributed by atoms with Gasteiger partial charge in [-0.15, -0.1) is 0 Å². The van der Waals surface area contributed by atoms with Gasteiger partial charge in [-0.2, -0.15) is 0 Å². The molecule has 0 aromatic heterocycles. The number of nitrogens with one attached hydrogen (secondary N) is 3. The molecule has 0 fully saturated rings. The summed E-state index contributed by atoms with van der Waals surface area (Å²) in [6, 6.07) is 15.1. The van der Waals surface area contributed by atoms with Crippen molar-refractivity contribution in [2.75, 3.05) is 36.9 Å². The average Bonchev–Trinajstić information content (AvgIpc) is 2.67. The molecule has 0 aliphatic rings. The van der Waals surface area contributed by atoms with E-state index in [-0.39, 0.29) is 11.9 Å². The van der Waals surface area contributed by atoms with Gasteiger partial charge in [0.2, 0.25) is 0 Å². The number of hydrogen-bond donors (Lipinski definition) is 3. The molecule has 6 heteroatoms. The van der Waals surface area contributed by atoms with E-state index in [4.69, 9.17) is 0 Å². The number of anilines is 2. The Morgan fingerprint density at radius 2 is 1.78 bits per heavy atom. The van der Waals surface area contributed by atoms with Crippen molar-refractivity contribution in [1.82, 2.24) is 10.6 Å². The third-order valence-electron chi connectivity index (χ3n) is 4.24. The van der Waals surface area contributed by atoms with Crippen LogP contribution in [0.4, 0.5) is 16.2 Å². The molecule has 3 N–H and O–H groups in total. The lowest BCUT2D eigenvalue weighted by atomic mass is 10.1. The van der Waals surface area contributed by atoms with Crippen molar-refractivity contribution >= 4 is 23.3 Å². The first kappa shape index (κ1) is 20.3. The van der Waals surface area contributed by atoms with E-state index in [1.165, 1.54) is 0 Å². The van der Waals surface area contributed by atoms with Crippen LogP contribution in [-0.2, 0) is 0 Å². The molecule has 2 rings (SSSR count). The van der Waals surface area contributed by atoms with E-state index >= 15 is 0 Å². The monoisotopic (exact) mass is 368 g/mol. The molecular weight excluding hydrogens is 340 g/mol. The first-order valence-corrected chi connectivity index (χ1v) is 9.21. The van der Waals surface area contributed by atoms with E-state index in [1.807, 2.05) is 45.2 Å². The Kier molecular flexibility index (Phi) is 7.67. The quantitative estimate of drug-likeness (QED) is 0.625. The van der Waals surface area contributed by atoms with Gasteiger partial charge in [-0.3, -0.25) is 4.79 Å². The fourth-order valence-corrected chi connectivity index (χ4v) is 2.66. The summed E-state index contributed by atoms with van der Waals surface area (Å²) >= 11 is 0. The van der Waals surface area contributed by atoms with Crippen molar-refractivity contribution in [3.63, 3.8) is 0 Å². The van der Waals surface area contributed by atoms with E-state index in [1.54, 1.807) is 12.1 Å². The lowest BCUT2D eigenvalue weighted by Crippen LogP contribution is -2.32.